The standard InChI is InChI=1S/C15H18Cl2N2O2/c1-9(2)14-15(21)19(8-13(20)18-14)6-5-10-3-4-11(16)7-12(10)17/h3-4,7,9,14H,5-6,8H2,1-2H3,(H,18,20). The van der Waals surface area contributed by atoms with Gasteiger partial charge < -0.3 is 10.2 Å². The highest BCUT2D eigenvalue weighted by Crippen LogP contribution is 2.22. The molecule has 21 heavy (non-hydrogen) atoms. The maximum absolute atomic E-state index is 12.3. The molecule has 1 N–H and O–H groups in total. The van der Waals surface area contributed by atoms with Crippen LogP contribution in [0.3, 0.4) is 0 Å². The molecule has 1 aromatic carbocycles. The zero-order valence-corrected chi connectivity index (χ0v) is 13.5. The molecule has 1 atom stereocenters. The van der Waals surface area contributed by atoms with E-state index in [1.54, 1.807) is 17.0 Å². The minimum Gasteiger partial charge on any atom is -0.343 e. The van der Waals surface area contributed by atoms with E-state index in [-0.39, 0.29) is 24.3 Å². The second-order valence-corrected chi connectivity index (χ2v) is 6.38. The highest BCUT2D eigenvalue weighted by Gasteiger charge is 2.34. The van der Waals surface area contributed by atoms with E-state index in [1.165, 1.54) is 0 Å². The van der Waals surface area contributed by atoms with Crippen molar-refractivity contribution in [2.75, 3.05) is 13.1 Å². The fraction of sp³-hybridized carbons (Fsp3) is 0.467. The normalized spacial score (nSPS) is 19.1. The third kappa shape index (κ3) is 3.89. The third-order valence-electron chi connectivity index (χ3n) is 3.56. The van der Waals surface area contributed by atoms with Crippen molar-refractivity contribution in [3.8, 4) is 0 Å². The Morgan fingerprint density at radius 2 is 2.05 bits per heavy atom. The molecule has 0 saturated carbocycles. The van der Waals surface area contributed by atoms with Crippen LogP contribution in [-0.4, -0.2) is 35.8 Å². The third-order valence-corrected chi connectivity index (χ3v) is 4.15. The molecular formula is C15H18Cl2N2O2. The number of rotatable bonds is 4. The molecule has 114 valence electrons. The number of nitrogens with one attached hydrogen (secondary N) is 1. The summed E-state index contributed by atoms with van der Waals surface area (Å²) in [6.45, 7) is 4.41. The molecule has 0 aromatic heterocycles. The van der Waals surface area contributed by atoms with Gasteiger partial charge in [-0.25, -0.2) is 0 Å². The van der Waals surface area contributed by atoms with E-state index in [0.29, 0.717) is 23.0 Å². The van der Waals surface area contributed by atoms with Gasteiger partial charge in [0.05, 0.1) is 6.54 Å². The van der Waals surface area contributed by atoms with Gasteiger partial charge in [0.25, 0.3) is 0 Å². The van der Waals surface area contributed by atoms with Crippen LogP contribution in [0.2, 0.25) is 10.0 Å². The first kappa shape index (κ1) is 16.1. The van der Waals surface area contributed by atoms with Crippen molar-refractivity contribution in [1.82, 2.24) is 10.2 Å². The first-order chi connectivity index (χ1) is 9.88. The van der Waals surface area contributed by atoms with E-state index in [9.17, 15) is 9.59 Å². The van der Waals surface area contributed by atoms with E-state index in [1.807, 2.05) is 19.9 Å². The van der Waals surface area contributed by atoms with Gasteiger partial charge in [0.15, 0.2) is 0 Å². The second kappa shape index (κ2) is 6.67. The second-order valence-electron chi connectivity index (χ2n) is 5.53. The summed E-state index contributed by atoms with van der Waals surface area (Å²) >= 11 is 12.0. The van der Waals surface area contributed by atoms with E-state index >= 15 is 0 Å². The fourth-order valence-electron chi connectivity index (χ4n) is 2.35. The Morgan fingerprint density at radius 1 is 1.33 bits per heavy atom. The van der Waals surface area contributed by atoms with Gasteiger partial charge in [-0.15, -0.1) is 0 Å². The Balaban J connectivity index is 2.04. The molecule has 1 fully saturated rings. The van der Waals surface area contributed by atoms with Gasteiger partial charge in [-0.1, -0.05) is 43.1 Å². The molecule has 2 amide bonds. The maximum atomic E-state index is 12.3. The Bertz CT molecular complexity index is 561. The molecule has 1 saturated heterocycles. The molecule has 1 heterocycles. The molecule has 0 bridgehead atoms. The summed E-state index contributed by atoms with van der Waals surface area (Å²) in [4.78, 5) is 25.6. The van der Waals surface area contributed by atoms with Gasteiger partial charge in [-0.05, 0) is 30.0 Å². The molecule has 0 radical (unpaired) electrons. The number of benzene rings is 1. The summed E-state index contributed by atoms with van der Waals surface area (Å²) in [7, 11) is 0. The molecule has 1 unspecified atom stereocenters. The monoisotopic (exact) mass is 328 g/mol. The summed E-state index contributed by atoms with van der Waals surface area (Å²) in [6, 6.07) is 4.86. The first-order valence-electron chi connectivity index (χ1n) is 6.90. The minimum atomic E-state index is -0.438. The van der Waals surface area contributed by atoms with Crippen molar-refractivity contribution in [2.45, 2.75) is 26.3 Å². The SMILES string of the molecule is CC(C)C1NC(=O)CN(CCc2ccc(Cl)cc2Cl)C1=O. The van der Waals surface area contributed by atoms with Gasteiger partial charge in [0.2, 0.25) is 11.8 Å². The number of nitrogens with zero attached hydrogens (tertiary/aromatic N) is 1. The van der Waals surface area contributed by atoms with Crippen LogP contribution in [0.5, 0.6) is 0 Å². The van der Waals surface area contributed by atoms with Crippen molar-refractivity contribution in [2.24, 2.45) is 5.92 Å². The predicted molar refractivity (Wildman–Crippen MR) is 83.5 cm³/mol. The summed E-state index contributed by atoms with van der Waals surface area (Å²) in [6.07, 6.45) is 0.597. The molecule has 6 heteroatoms. The van der Waals surface area contributed by atoms with Gasteiger partial charge >= 0.3 is 0 Å². The average Bonchev–Trinajstić information content (AvgIpc) is 2.40. The van der Waals surface area contributed by atoms with Crippen molar-refractivity contribution >= 4 is 35.0 Å². The Hall–Kier alpha value is -1.26. The largest absolute Gasteiger partial charge is 0.343 e. The van der Waals surface area contributed by atoms with Gasteiger partial charge in [-0.2, -0.15) is 0 Å². The van der Waals surface area contributed by atoms with Crippen molar-refractivity contribution in [1.29, 1.82) is 0 Å². The Kier molecular flexibility index (Phi) is 5.12. The van der Waals surface area contributed by atoms with E-state index < -0.39 is 6.04 Å². The van der Waals surface area contributed by atoms with E-state index in [0.717, 1.165) is 5.56 Å². The van der Waals surface area contributed by atoms with Crippen LogP contribution in [0, 0.1) is 5.92 Å². The topological polar surface area (TPSA) is 49.4 Å². The Labute approximate surface area is 134 Å². The zero-order chi connectivity index (χ0) is 15.6. The summed E-state index contributed by atoms with van der Waals surface area (Å²) in [5.74, 6) is -0.0754. The van der Waals surface area contributed by atoms with Crippen LogP contribution in [0.15, 0.2) is 18.2 Å². The van der Waals surface area contributed by atoms with Crippen molar-refractivity contribution in [3.05, 3.63) is 33.8 Å². The van der Waals surface area contributed by atoms with Crippen LogP contribution in [0.1, 0.15) is 19.4 Å². The summed E-state index contributed by atoms with van der Waals surface area (Å²) in [5, 5.41) is 3.90. The van der Waals surface area contributed by atoms with Crippen LogP contribution < -0.4 is 5.32 Å². The van der Waals surface area contributed by atoms with Crippen LogP contribution in [0.4, 0.5) is 0 Å². The predicted octanol–water partition coefficient (Wildman–Crippen LogP) is 2.52. The minimum absolute atomic E-state index is 0.0327. The van der Waals surface area contributed by atoms with E-state index in [2.05, 4.69) is 5.32 Å². The maximum Gasteiger partial charge on any atom is 0.245 e. The highest BCUT2D eigenvalue weighted by atomic mass is 35.5. The molecule has 2 rings (SSSR count). The molecule has 0 spiro atoms. The van der Waals surface area contributed by atoms with Gasteiger partial charge in [0.1, 0.15) is 6.04 Å². The highest BCUT2D eigenvalue weighted by molar-refractivity contribution is 6.35. The number of amides is 2. The van der Waals surface area contributed by atoms with Crippen LogP contribution in [-0.2, 0) is 16.0 Å². The number of halogens is 2. The van der Waals surface area contributed by atoms with Crippen molar-refractivity contribution < 1.29 is 9.59 Å². The first-order valence-corrected chi connectivity index (χ1v) is 7.66. The lowest BCUT2D eigenvalue weighted by atomic mass is 10.0. The van der Waals surface area contributed by atoms with Crippen LogP contribution in [0.25, 0.3) is 0 Å². The van der Waals surface area contributed by atoms with E-state index in [4.69, 9.17) is 23.2 Å². The lowest BCUT2D eigenvalue weighted by molar-refractivity contribution is -0.145. The van der Waals surface area contributed by atoms with Crippen LogP contribution >= 0.6 is 23.2 Å². The van der Waals surface area contributed by atoms with Crippen molar-refractivity contribution in [3.63, 3.8) is 0 Å². The number of hydrogen-bond donors (Lipinski definition) is 1. The molecule has 1 aromatic rings. The summed E-state index contributed by atoms with van der Waals surface area (Å²) < 4.78 is 0. The molecular weight excluding hydrogens is 311 g/mol. The fourth-order valence-corrected chi connectivity index (χ4v) is 2.85. The number of hydrogen-bond acceptors (Lipinski definition) is 2. The van der Waals surface area contributed by atoms with Gasteiger partial charge in [0, 0.05) is 16.6 Å². The quantitative estimate of drug-likeness (QED) is 0.923. The molecule has 4 nitrogen and oxygen atoms in total. The summed E-state index contributed by atoms with van der Waals surface area (Å²) in [5.41, 5.74) is 0.918. The lowest BCUT2D eigenvalue weighted by Crippen LogP contribution is -2.60. The molecule has 1 aliphatic heterocycles. The zero-order valence-electron chi connectivity index (χ0n) is 12.0. The lowest BCUT2D eigenvalue weighted by Gasteiger charge is -2.34. The smallest absolute Gasteiger partial charge is 0.245 e. The number of piperazine rings is 1. The number of carbonyl (C=O) groups excluding carboxylic acids is 2. The molecule has 0 aliphatic carbocycles. The van der Waals surface area contributed by atoms with Gasteiger partial charge in [-0.3, -0.25) is 9.59 Å². The average molecular weight is 329 g/mol. The number of carbonyl (C=O) groups is 2. The molecule has 1 aliphatic rings. The Morgan fingerprint density at radius 3 is 2.67 bits per heavy atom.